The summed E-state index contributed by atoms with van der Waals surface area (Å²) in [6, 6.07) is 20.1. The zero-order valence-corrected chi connectivity index (χ0v) is 19.0. The van der Waals surface area contributed by atoms with Crippen LogP contribution in [0.25, 0.3) is 0 Å². The standard InChI is InChI=1S/C22H21IN2O2S/c1-25(2)22(26)21-20(27-3)19(17(14-23)28-21)24-18(15-10-6-4-7-11-15)16-12-8-5-9-13-16/h4-13H,14H2,1-3H3. The minimum atomic E-state index is -0.0737. The van der Waals surface area contributed by atoms with Crippen LogP contribution in [0.5, 0.6) is 5.75 Å². The van der Waals surface area contributed by atoms with Crippen LogP contribution in [-0.4, -0.2) is 37.7 Å². The van der Waals surface area contributed by atoms with E-state index in [1.165, 1.54) is 11.3 Å². The van der Waals surface area contributed by atoms with Gasteiger partial charge in [-0.05, 0) is 0 Å². The molecule has 0 spiro atoms. The topological polar surface area (TPSA) is 41.9 Å². The van der Waals surface area contributed by atoms with Crippen LogP contribution in [0, 0.1) is 0 Å². The third-order valence-electron chi connectivity index (χ3n) is 4.15. The summed E-state index contributed by atoms with van der Waals surface area (Å²) < 4.78 is 6.40. The molecule has 0 unspecified atom stereocenters. The van der Waals surface area contributed by atoms with Gasteiger partial charge >= 0.3 is 0 Å². The summed E-state index contributed by atoms with van der Waals surface area (Å²) in [4.78, 5) is 20.8. The first-order valence-electron chi connectivity index (χ1n) is 8.73. The maximum Gasteiger partial charge on any atom is 0.267 e. The molecule has 0 fully saturated rings. The number of nitrogens with zero attached hydrogens (tertiary/aromatic N) is 2. The third kappa shape index (κ3) is 4.28. The number of thiophene rings is 1. The lowest BCUT2D eigenvalue weighted by Gasteiger charge is -2.11. The minimum absolute atomic E-state index is 0.0737. The fourth-order valence-corrected chi connectivity index (χ4v) is 4.70. The van der Waals surface area contributed by atoms with Crippen molar-refractivity contribution < 1.29 is 9.53 Å². The molecular formula is C22H21IN2O2S. The Bertz CT molecular complexity index is 941. The van der Waals surface area contributed by atoms with Gasteiger partial charge in [-0.25, -0.2) is 4.99 Å². The maximum absolute atomic E-state index is 12.6. The quantitative estimate of drug-likeness (QED) is 0.251. The lowest BCUT2D eigenvalue weighted by atomic mass is 10.0. The highest BCUT2D eigenvalue weighted by atomic mass is 127. The van der Waals surface area contributed by atoms with E-state index in [2.05, 4.69) is 22.6 Å². The van der Waals surface area contributed by atoms with Crippen molar-refractivity contribution in [3.63, 3.8) is 0 Å². The van der Waals surface area contributed by atoms with E-state index in [4.69, 9.17) is 9.73 Å². The Morgan fingerprint density at radius 3 is 2.00 bits per heavy atom. The highest BCUT2D eigenvalue weighted by molar-refractivity contribution is 14.1. The molecule has 1 heterocycles. The normalized spacial score (nSPS) is 10.4. The van der Waals surface area contributed by atoms with E-state index in [9.17, 15) is 4.79 Å². The number of amides is 1. The lowest BCUT2D eigenvalue weighted by Crippen LogP contribution is -2.21. The highest BCUT2D eigenvalue weighted by Crippen LogP contribution is 2.44. The summed E-state index contributed by atoms with van der Waals surface area (Å²) in [5, 5.41) is 0. The predicted molar refractivity (Wildman–Crippen MR) is 125 cm³/mol. The first-order valence-corrected chi connectivity index (χ1v) is 11.1. The molecule has 0 saturated heterocycles. The van der Waals surface area contributed by atoms with Gasteiger partial charge in [0, 0.05) is 34.5 Å². The summed E-state index contributed by atoms with van der Waals surface area (Å²) in [6.07, 6.45) is 0. The number of rotatable bonds is 6. The Morgan fingerprint density at radius 2 is 1.57 bits per heavy atom. The molecule has 0 atom stereocenters. The van der Waals surface area contributed by atoms with Crippen molar-refractivity contribution in [3.05, 3.63) is 81.5 Å². The molecule has 0 saturated carbocycles. The number of hydrogen-bond acceptors (Lipinski definition) is 4. The lowest BCUT2D eigenvalue weighted by molar-refractivity contribution is 0.0829. The molecule has 3 rings (SSSR count). The zero-order chi connectivity index (χ0) is 20.1. The van der Waals surface area contributed by atoms with Gasteiger partial charge in [0.1, 0.15) is 10.6 Å². The molecule has 0 aliphatic heterocycles. The van der Waals surface area contributed by atoms with Crippen molar-refractivity contribution in [2.24, 2.45) is 4.99 Å². The van der Waals surface area contributed by atoms with Gasteiger partial charge in [-0.15, -0.1) is 11.3 Å². The second-order valence-corrected chi connectivity index (χ2v) is 8.13. The van der Waals surface area contributed by atoms with Crippen molar-refractivity contribution >= 4 is 51.2 Å². The third-order valence-corrected chi connectivity index (χ3v) is 6.58. The number of alkyl halides is 1. The van der Waals surface area contributed by atoms with E-state index in [0.29, 0.717) is 10.6 Å². The number of carbonyl (C=O) groups is 1. The molecule has 0 bridgehead atoms. The Balaban J connectivity index is 2.24. The zero-order valence-electron chi connectivity index (χ0n) is 16.0. The highest BCUT2D eigenvalue weighted by Gasteiger charge is 2.25. The van der Waals surface area contributed by atoms with Crippen molar-refractivity contribution in [2.75, 3.05) is 21.2 Å². The number of methoxy groups -OCH3 is 1. The number of aliphatic imine (C=N–C) groups is 1. The smallest absolute Gasteiger partial charge is 0.267 e. The predicted octanol–water partition coefficient (Wildman–Crippen LogP) is 5.56. The van der Waals surface area contributed by atoms with Crippen LogP contribution >= 0.6 is 33.9 Å². The molecule has 144 valence electrons. The number of ether oxygens (including phenoxy) is 1. The number of benzene rings is 2. The molecule has 3 aromatic rings. The number of halogens is 1. The van der Waals surface area contributed by atoms with Gasteiger partial charge in [-0.2, -0.15) is 0 Å². The summed E-state index contributed by atoms with van der Waals surface area (Å²) in [5.74, 6) is 0.468. The van der Waals surface area contributed by atoms with Crippen molar-refractivity contribution in [1.29, 1.82) is 0 Å². The van der Waals surface area contributed by atoms with E-state index in [0.717, 1.165) is 31.8 Å². The van der Waals surface area contributed by atoms with Crippen LogP contribution in [0.2, 0.25) is 0 Å². The van der Waals surface area contributed by atoms with E-state index in [1.807, 2.05) is 60.7 Å². The van der Waals surface area contributed by atoms with Gasteiger partial charge < -0.3 is 9.64 Å². The minimum Gasteiger partial charge on any atom is -0.493 e. The molecule has 1 amide bonds. The average Bonchev–Trinajstić information content (AvgIpc) is 3.09. The summed E-state index contributed by atoms with van der Waals surface area (Å²) in [7, 11) is 5.08. The van der Waals surface area contributed by atoms with Gasteiger partial charge in [0.05, 0.1) is 12.8 Å². The molecule has 0 aliphatic rings. The first-order chi connectivity index (χ1) is 13.6. The van der Waals surface area contributed by atoms with Crippen LogP contribution in [0.4, 0.5) is 5.69 Å². The van der Waals surface area contributed by atoms with Gasteiger partial charge in [0.2, 0.25) is 0 Å². The molecule has 28 heavy (non-hydrogen) atoms. The molecule has 2 aromatic carbocycles. The monoisotopic (exact) mass is 504 g/mol. The molecule has 6 heteroatoms. The van der Waals surface area contributed by atoms with E-state index >= 15 is 0 Å². The number of carbonyl (C=O) groups excluding carboxylic acids is 1. The van der Waals surface area contributed by atoms with E-state index in [1.54, 1.807) is 26.1 Å². The first kappa shape index (κ1) is 20.5. The van der Waals surface area contributed by atoms with Gasteiger partial charge in [-0.3, -0.25) is 4.79 Å². The van der Waals surface area contributed by atoms with Crippen LogP contribution in [0.15, 0.2) is 65.7 Å². The van der Waals surface area contributed by atoms with Crippen molar-refractivity contribution in [1.82, 2.24) is 4.90 Å². The Labute approximate surface area is 183 Å². The van der Waals surface area contributed by atoms with Gasteiger partial charge in [-0.1, -0.05) is 83.3 Å². The fraction of sp³-hybridized carbons (Fsp3) is 0.182. The van der Waals surface area contributed by atoms with Gasteiger partial charge in [0.15, 0.2) is 5.75 Å². The molecule has 1 aromatic heterocycles. The molecular weight excluding hydrogens is 483 g/mol. The average molecular weight is 504 g/mol. The Kier molecular flexibility index (Phi) is 6.85. The second-order valence-electron chi connectivity index (χ2n) is 6.26. The molecule has 0 radical (unpaired) electrons. The summed E-state index contributed by atoms with van der Waals surface area (Å²) in [5.41, 5.74) is 3.62. The van der Waals surface area contributed by atoms with Crippen LogP contribution < -0.4 is 4.74 Å². The summed E-state index contributed by atoms with van der Waals surface area (Å²) in [6.45, 7) is 0. The van der Waals surface area contributed by atoms with E-state index in [-0.39, 0.29) is 5.91 Å². The summed E-state index contributed by atoms with van der Waals surface area (Å²) >= 11 is 3.75. The molecule has 0 N–H and O–H groups in total. The van der Waals surface area contributed by atoms with Crippen molar-refractivity contribution in [2.45, 2.75) is 4.43 Å². The van der Waals surface area contributed by atoms with Crippen molar-refractivity contribution in [3.8, 4) is 5.75 Å². The SMILES string of the molecule is COc1c(C(=O)N(C)C)sc(CI)c1N=C(c1ccccc1)c1ccccc1. The maximum atomic E-state index is 12.6. The van der Waals surface area contributed by atoms with Crippen LogP contribution in [0.3, 0.4) is 0 Å². The molecule has 4 nitrogen and oxygen atoms in total. The second kappa shape index (κ2) is 9.34. The Morgan fingerprint density at radius 1 is 1.04 bits per heavy atom. The Hall–Kier alpha value is -2.19. The largest absolute Gasteiger partial charge is 0.493 e. The van der Waals surface area contributed by atoms with Gasteiger partial charge in [0.25, 0.3) is 5.91 Å². The number of hydrogen-bond donors (Lipinski definition) is 0. The fourth-order valence-electron chi connectivity index (χ4n) is 2.79. The van der Waals surface area contributed by atoms with Crippen LogP contribution in [-0.2, 0) is 4.43 Å². The van der Waals surface area contributed by atoms with E-state index < -0.39 is 0 Å². The van der Waals surface area contributed by atoms with Crippen LogP contribution in [0.1, 0.15) is 25.7 Å². The molecule has 0 aliphatic carbocycles.